The van der Waals surface area contributed by atoms with Crippen molar-refractivity contribution in [2.75, 3.05) is 19.6 Å². The van der Waals surface area contributed by atoms with Crippen molar-refractivity contribution in [1.82, 2.24) is 15.1 Å². The van der Waals surface area contributed by atoms with Gasteiger partial charge in [-0.2, -0.15) is 0 Å². The summed E-state index contributed by atoms with van der Waals surface area (Å²) in [5.74, 6) is 0.0446. The van der Waals surface area contributed by atoms with E-state index >= 15 is 0 Å². The third-order valence-corrected chi connectivity index (χ3v) is 3.64. The average Bonchev–Trinajstić information content (AvgIpc) is 2.48. The summed E-state index contributed by atoms with van der Waals surface area (Å²) in [7, 11) is 0. The molecule has 8 nitrogen and oxygen atoms in total. The molecule has 0 unspecified atom stereocenters. The fourth-order valence-corrected chi connectivity index (χ4v) is 2.28. The Morgan fingerprint density at radius 1 is 1.12 bits per heavy atom. The highest BCUT2D eigenvalue weighted by Crippen LogP contribution is 2.13. The molecule has 2 N–H and O–H groups in total. The Labute approximate surface area is 144 Å². The molecular weight excluding hydrogens is 310 g/mol. The van der Waals surface area contributed by atoms with Gasteiger partial charge in [0, 0.05) is 25.0 Å². The summed E-state index contributed by atoms with van der Waals surface area (Å²) < 4.78 is 0. The maximum atomic E-state index is 11.6. The number of rotatable bonds is 12. The van der Waals surface area contributed by atoms with Crippen molar-refractivity contribution < 1.29 is 14.7 Å². The number of hydrogen-bond acceptors (Lipinski definition) is 5. The number of amides is 2. The van der Waals surface area contributed by atoms with E-state index < -0.39 is 11.6 Å². The van der Waals surface area contributed by atoms with Gasteiger partial charge in [0.15, 0.2) is 0 Å². The smallest absolute Gasteiger partial charge is 0.219 e. The van der Waals surface area contributed by atoms with Crippen LogP contribution in [0.2, 0.25) is 0 Å². The topological polar surface area (TPSA) is 123 Å². The van der Waals surface area contributed by atoms with Crippen LogP contribution in [0.25, 0.3) is 0 Å². The average molecular weight is 341 g/mol. The van der Waals surface area contributed by atoms with E-state index in [0.29, 0.717) is 26.1 Å². The van der Waals surface area contributed by atoms with Crippen LogP contribution in [0.5, 0.6) is 0 Å². The van der Waals surface area contributed by atoms with Crippen molar-refractivity contribution in [2.45, 2.75) is 71.3 Å². The molecule has 0 aromatic heterocycles. The van der Waals surface area contributed by atoms with Gasteiger partial charge in [-0.3, -0.25) is 4.79 Å². The Kier molecular flexibility index (Phi) is 11.5. The van der Waals surface area contributed by atoms with Gasteiger partial charge in [0.05, 0.1) is 0 Å². The number of carboxylic acid groups (broad SMARTS) is 1. The first kappa shape index (κ1) is 22.1. The maximum Gasteiger partial charge on any atom is 0.219 e. The number of carbonyl (C=O) groups is 2. The van der Waals surface area contributed by atoms with E-state index in [2.05, 4.69) is 15.3 Å². The minimum atomic E-state index is -1.14. The van der Waals surface area contributed by atoms with E-state index in [4.69, 9.17) is 5.53 Å². The van der Waals surface area contributed by atoms with Gasteiger partial charge in [0.2, 0.25) is 10.8 Å². The van der Waals surface area contributed by atoms with Gasteiger partial charge in [-0.15, -0.1) is 0 Å². The Morgan fingerprint density at radius 2 is 1.79 bits per heavy atom. The third-order valence-electron chi connectivity index (χ3n) is 3.64. The Balaban J connectivity index is 3.63. The largest absolute Gasteiger partial charge is 0.530 e. The van der Waals surface area contributed by atoms with Gasteiger partial charge in [0.1, 0.15) is 23.3 Å². The molecule has 0 saturated carbocycles. The van der Waals surface area contributed by atoms with Crippen LogP contribution in [-0.4, -0.2) is 42.1 Å². The molecule has 0 fully saturated rings. The van der Waals surface area contributed by atoms with Crippen molar-refractivity contribution in [1.29, 1.82) is 5.53 Å². The van der Waals surface area contributed by atoms with E-state index in [0.717, 1.165) is 38.5 Å². The van der Waals surface area contributed by atoms with Crippen molar-refractivity contribution in [3.63, 3.8) is 0 Å². The number of hydrogen-bond donors (Lipinski definition) is 2. The highest BCUT2D eigenvalue weighted by Gasteiger charge is 2.20. The van der Waals surface area contributed by atoms with Gasteiger partial charge in [-0.05, 0) is 52.9 Å². The first-order chi connectivity index (χ1) is 11.3. The van der Waals surface area contributed by atoms with E-state index in [1.807, 2.05) is 20.8 Å². The van der Waals surface area contributed by atoms with Gasteiger partial charge in [0.25, 0.3) is 0 Å². The van der Waals surface area contributed by atoms with Crippen molar-refractivity contribution in [3.8, 4) is 0 Å². The minimum absolute atomic E-state index is 0.0446. The molecule has 24 heavy (non-hydrogen) atoms. The third kappa shape index (κ3) is 11.6. The van der Waals surface area contributed by atoms with E-state index in [1.165, 1.54) is 4.90 Å². The summed E-state index contributed by atoms with van der Waals surface area (Å²) >= 11 is 0. The highest BCUT2D eigenvalue weighted by atomic mass is 16.4. The normalized spacial score (nSPS) is 10.8. The lowest BCUT2D eigenvalue weighted by Crippen LogP contribution is -2.51. The zero-order valence-electron chi connectivity index (χ0n) is 15.1. The van der Waals surface area contributed by atoms with E-state index in [1.54, 1.807) is 0 Å². The second-order valence-corrected chi connectivity index (χ2v) is 6.77. The SMILES string of the molecule is CC(C)(C)N(CCCCCNC(=O)CCCCCN=[N+]=N)C(=O)[O-]. The summed E-state index contributed by atoms with van der Waals surface area (Å²) in [5.41, 5.74) is 6.06. The number of carbonyl (C=O) groups excluding carboxylic acids is 2. The van der Waals surface area contributed by atoms with Gasteiger partial charge >= 0.3 is 0 Å². The first-order valence-corrected chi connectivity index (χ1v) is 8.57. The van der Waals surface area contributed by atoms with Crippen LogP contribution in [-0.2, 0) is 4.79 Å². The zero-order chi connectivity index (χ0) is 18.4. The molecule has 8 heteroatoms. The van der Waals surface area contributed by atoms with Gasteiger partial charge in [-0.25, -0.2) is 0 Å². The fraction of sp³-hybridized carbons (Fsp3) is 0.875. The summed E-state index contributed by atoms with van der Waals surface area (Å²) in [6.07, 6.45) is 4.37. The summed E-state index contributed by atoms with van der Waals surface area (Å²) in [6, 6.07) is 0. The lowest BCUT2D eigenvalue weighted by molar-refractivity contribution is -0.270. The zero-order valence-corrected chi connectivity index (χ0v) is 15.1. The molecule has 0 spiro atoms. The van der Waals surface area contributed by atoms with Crippen LogP contribution in [0.3, 0.4) is 0 Å². The Hall–Kier alpha value is -1.95. The molecule has 0 aliphatic rings. The second-order valence-electron chi connectivity index (χ2n) is 6.77. The predicted octanol–water partition coefficient (Wildman–Crippen LogP) is 1.83. The lowest BCUT2D eigenvalue weighted by Gasteiger charge is -2.38. The second kappa shape index (κ2) is 12.5. The first-order valence-electron chi connectivity index (χ1n) is 8.57. The molecule has 0 aromatic rings. The fourth-order valence-electron chi connectivity index (χ4n) is 2.28. The van der Waals surface area contributed by atoms with Crippen molar-refractivity contribution >= 4 is 12.0 Å². The minimum Gasteiger partial charge on any atom is -0.530 e. The lowest BCUT2D eigenvalue weighted by atomic mass is 10.1. The molecule has 0 aromatic carbocycles. The number of unbranched alkanes of at least 4 members (excludes halogenated alkanes) is 4. The van der Waals surface area contributed by atoms with Crippen LogP contribution in [0.4, 0.5) is 4.79 Å². The Morgan fingerprint density at radius 3 is 2.38 bits per heavy atom. The van der Waals surface area contributed by atoms with Crippen LogP contribution < -0.4 is 15.3 Å². The summed E-state index contributed by atoms with van der Waals surface area (Å²) in [5, 5.41) is 17.5. The molecule has 0 heterocycles. The molecule has 0 aliphatic heterocycles. The maximum absolute atomic E-state index is 11.6. The van der Waals surface area contributed by atoms with Crippen molar-refractivity contribution in [3.05, 3.63) is 0 Å². The van der Waals surface area contributed by atoms with E-state index in [9.17, 15) is 14.7 Å². The van der Waals surface area contributed by atoms with Gasteiger partial charge in [-0.1, -0.05) is 6.42 Å². The molecule has 0 radical (unpaired) electrons. The molecular formula is C16H31N5O3. The summed E-state index contributed by atoms with van der Waals surface area (Å²) in [6.45, 7) is 7.15. The van der Waals surface area contributed by atoms with Crippen LogP contribution in [0, 0.1) is 5.53 Å². The highest BCUT2D eigenvalue weighted by molar-refractivity contribution is 5.75. The van der Waals surface area contributed by atoms with Gasteiger partial charge < -0.3 is 20.1 Å². The summed E-state index contributed by atoms with van der Waals surface area (Å²) in [4.78, 5) is 27.0. The van der Waals surface area contributed by atoms with Crippen LogP contribution >= 0.6 is 0 Å². The molecule has 138 valence electrons. The standard InChI is InChI=1S/C16H31N5O3/c1-16(2,3)21(15(23)24)13-9-5-7-11-18-14(22)10-6-4-8-12-19-20-17/h17H,4-13H2,1-3H3,(H-,18,22,23,24). The molecule has 0 rings (SSSR count). The Bertz CT molecular complexity index is 428. The molecule has 0 bridgehead atoms. The number of nitrogens with zero attached hydrogens (tertiary/aromatic N) is 3. The quantitative estimate of drug-likeness (QED) is 0.320. The molecule has 2 amide bonds. The molecule has 0 aliphatic carbocycles. The van der Waals surface area contributed by atoms with Crippen molar-refractivity contribution in [2.24, 2.45) is 5.11 Å². The monoisotopic (exact) mass is 341 g/mol. The molecule has 0 saturated heterocycles. The van der Waals surface area contributed by atoms with Crippen LogP contribution in [0.15, 0.2) is 5.11 Å². The van der Waals surface area contributed by atoms with E-state index in [-0.39, 0.29) is 5.91 Å². The number of nitrogens with one attached hydrogen (secondary N) is 2. The van der Waals surface area contributed by atoms with Crippen LogP contribution in [0.1, 0.15) is 65.7 Å². The molecule has 0 atom stereocenters. The predicted molar refractivity (Wildman–Crippen MR) is 89.3 cm³/mol.